The van der Waals surface area contributed by atoms with Crippen molar-refractivity contribution in [2.75, 3.05) is 32.5 Å². The summed E-state index contributed by atoms with van der Waals surface area (Å²) in [5.74, 6) is 1.55. The fourth-order valence-corrected chi connectivity index (χ4v) is 2.07. The summed E-state index contributed by atoms with van der Waals surface area (Å²) < 4.78 is 11.2. The van der Waals surface area contributed by atoms with Crippen molar-refractivity contribution in [2.45, 2.75) is 20.0 Å². The number of aromatic nitrogens is 1. The summed E-state index contributed by atoms with van der Waals surface area (Å²) >= 11 is 0. The molecule has 1 heterocycles. The molecule has 0 bridgehead atoms. The minimum Gasteiger partial charge on any atom is -0.484 e. The maximum Gasteiger partial charge on any atom is 0.236 e. The zero-order valence-electron chi connectivity index (χ0n) is 13.8. The third-order valence-electron chi connectivity index (χ3n) is 3.20. The molecule has 0 aliphatic carbocycles. The summed E-state index contributed by atoms with van der Waals surface area (Å²) in [5, 5.41) is 12.2. The first-order chi connectivity index (χ1) is 11.1. The second-order valence-corrected chi connectivity index (χ2v) is 5.59. The monoisotopic (exact) mass is 314 g/mol. The number of hydrogen-bond acceptors (Lipinski definition) is 6. The third-order valence-corrected chi connectivity index (χ3v) is 3.20. The van der Waals surface area contributed by atoms with Gasteiger partial charge in [-0.1, -0.05) is 12.1 Å². The number of anilines is 1. The Balaban J connectivity index is 1.91. The van der Waals surface area contributed by atoms with E-state index in [1.54, 1.807) is 0 Å². The van der Waals surface area contributed by atoms with E-state index >= 15 is 0 Å². The SMILES string of the molecule is Cc1cccc(OCc2nc(C#N)c(NCCCN(C)C)o2)c1. The van der Waals surface area contributed by atoms with Crippen molar-refractivity contribution in [1.82, 2.24) is 9.88 Å². The zero-order chi connectivity index (χ0) is 16.7. The summed E-state index contributed by atoms with van der Waals surface area (Å²) in [4.78, 5) is 6.26. The average Bonchev–Trinajstić information content (AvgIpc) is 2.92. The molecule has 0 radical (unpaired) electrons. The number of ether oxygens (including phenoxy) is 1. The van der Waals surface area contributed by atoms with Crippen molar-refractivity contribution in [3.63, 3.8) is 0 Å². The number of nitriles is 1. The minimum atomic E-state index is 0.192. The van der Waals surface area contributed by atoms with Crippen molar-refractivity contribution in [3.05, 3.63) is 41.4 Å². The molecule has 0 atom stereocenters. The van der Waals surface area contributed by atoms with Crippen molar-refractivity contribution in [1.29, 1.82) is 5.26 Å². The summed E-state index contributed by atoms with van der Waals surface area (Å²) in [6.07, 6.45) is 0.952. The van der Waals surface area contributed by atoms with E-state index in [4.69, 9.17) is 14.4 Å². The number of benzene rings is 1. The second kappa shape index (κ2) is 8.20. The van der Waals surface area contributed by atoms with E-state index in [0.29, 0.717) is 11.8 Å². The van der Waals surface area contributed by atoms with Crippen molar-refractivity contribution in [3.8, 4) is 11.8 Å². The van der Waals surface area contributed by atoms with Gasteiger partial charge in [0.25, 0.3) is 0 Å². The van der Waals surface area contributed by atoms with Gasteiger partial charge in [0.05, 0.1) is 0 Å². The first-order valence-corrected chi connectivity index (χ1v) is 7.56. The maximum absolute atomic E-state index is 9.14. The van der Waals surface area contributed by atoms with Crippen LogP contribution in [0.3, 0.4) is 0 Å². The number of oxazole rings is 1. The van der Waals surface area contributed by atoms with Crippen LogP contribution in [0.25, 0.3) is 0 Å². The molecule has 0 unspecified atom stereocenters. The van der Waals surface area contributed by atoms with Crippen molar-refractivity contribution < 1.29 is 9.15 Å². The van der Waals surface area contributed by atoms with E-state index in [9.17, 15) is 0 Å². The zero-order valence-corrected chi connectivity index (χ0v) is 13.8. The third kappa shape index (κ3) is 5.31. The summed E-state index contributed by atoms with van der Waals surface area (Å²) in [6.45, 7) is 3.88. The summed E-state index contributed by atoms with van der Waals surface area (Å²) in [7, 11) is 4.05. The lowest BCUT2D eigenvalue weighted by molar-refractivity contribution is 0.264. The Morgan fingerprint density at radius 3 is 2.91 bits per heavy atom. The predicted molar refractivity (Wildman–Crippen MR) is 88.4 cm³/mol. The Bertz CT molecular complexity index is 673. The number of rotatable bonds is 8. The highest BCUT2D eigenvalue weighted by Gasteiger charge is 2.13. The topological polar surface area (TPSA) is 74.3 Å². The van der Waals surface area contributed by atoms with E-state index in [-0.39, 0.29) is 12.3 Å². The molecule has 0 spiro atoms. The Kier molecular flexibility index (Phi) is 6.01. The molecule has 0 aliphatic rings. The number of nitrogens with zero attached hydrogens (tertiary/aromatic N) is 3. The van der Waals surface area contributed by atoms with Gasteiger partial charge >= 0.3 is 0 Å². The van der Waals surface area contributed by atoms with E-state index in [1.807, 2.05) is 51.4 Å². The summed E-state index contributed by atoms with van der Waals surface area (Å²) in [6, 6.07) is 9.79. The van der Waals surface area contributed by atoms with Crippen LogP contribution in [0.15, 0.2) is 28.7 Å². The van der Waals surface area contributed by atoms with Crippen LogP contribution in [0, 0.1) is 18.3 Å². The molecule has 1 N–H and O–H groups in total. The van der Waals surface area contributed by atoms with Gasteiger partial charge in [0.1, 0.15) is 11.8 Å². The lowest BCUT2D eigenvalue weighted by Gasteiger charge is -2.09. The van der Waals surface area contributed by atoms with Gasteiger partial charge in [0.15, 0.2) is 6.61 Å². The van der Waals surface area contributed by atoms with Gasteiger partial charge < -0.3 is 19.4 Å². The largest absolute Gasteiger partial charge is 0.484 e. The molecule has 2 rings (SSSR count). The van der Waals surface area contributed by atoms with Crippen molar-refractivity contribution in [2.24, 2.45) is 0 Å². The summed E-state index contributed by atoms with van der Waals surface area (Å²) in [5.41, 5.74) is 1.38. The molecule has 1 aromatic carbocycles. The standard InChI is InChI=1S/C17H22N4O2/c1-13-6-4-7-14(10-13)22-12-16-20-15(11-18)17(23-16)19-8-5-9-21(2)3/h4,6-7,10,19H,5,8-9,12H2,1-3H3. The molecule has 0 saturated heterocycles. The normalized spacial score (nSPS) is 10.6. The van der Waals surface area contributed by atoms with Crippen LogP contribution in [0.5, 0.6) is 5.75 Å². The Morgan fingerprint density at radius 1 is 1.39 bits per heavy atom. The highest BCUT2D eigenvalue weighted by molar-refractivity contribution is 5.45. The van der Waals surface area contributed by atoms with Crippen LogP contribution in [-0.4, -0.2) is 37.1 Å². The van der Waals surface area contributed by atoms with Gasteiger partial charge in [-0.2, -0.15) is 10.2 Å². The molecule has 2 aromatic rings. The molecular formula is C17H22N4O2. The Labute approximate surface area is 136 Å². The predicted octanol–water partition coefficient (Wildman–Crippen LogP) is 2.80. The van der Waals surface area contributed by atoms with Crippen LogP contribution in [0.1, 0.15) is 23.6 Å². The smallest absolute Gasteiger partial charge is 0.236 e. The van der Waals surface area contributed by atoms with Gasteiger partial charge in [0.2, 0.25) is 17.5 Å². The van der Waals surface area contributed by atoms with Gasteiger partial charge in [-0.05, 0) is 51.7 Å². The van der Waals surface area contributed by atoms with Crippen LogP contribution >= 0.6 is 0 Å². The fraction of sp³-hybridized carbons (Fsp3) is 0.412. The average molecular weight is 314 g/mol. The number of hydrogen-bond donors (Lipinski definition) is 1. The van der Waals surface area contributed by atoms with Crippen LogP contribution < -0.4 is 10.1 Å². The van der Waals surface area contributed by atoms with Gasteiger partial charge in [0, 0.05) is 6.54 Å². The van der Waals surface area contributed by atoms with E-state index < -0.39 is 0 Å². The molecule has 0 amide bonds. The highest BCUT2D eigenvalue weighted by atomic mass is 16.5. The van der Waals surface area contributed by atoms with Gasteiger partial charge in [-0.25, -0.2) is 0 Å². The minimum absolute atomic E-state index is 0.192. The van der Waals surface area contributed by atoms with Gasteiger partial charge in [-0.15, -0.1) is 0 Å². The first kappa shape index (κ1) is 16.8. The molecular weight excluding hydrogens is 292 g/mol. The number of aryl methyl sites for hydroxylation is 1. The first-order valence-electron chi connectivity index (χ1n) is 7.56. The molecule has 122 valence electrons. The quantitative estimate of drug-likeness (QED) is 0.755. The fourth-order valence-electron chi connectivity index (χ4n) is 2.07. The maximum atomic E-state index is 9.14. The Morgan fingerprint density at radius 2 is 2.22 bits per heavy atom. The molecule has 0 saturated carbocycles. The molecule has 0 fully saturated rings. The van der Waals surface area contributed by atoms with Crippen LogP contribution in [0.2, 0.25) is 0 Å². The van der Waals surface area contributed by atoms with E-state index in [0.717, 1.165) is 30.8 Å². The Hall–Kier alpha value is -2.52. The molecule has 23 heavy (non-hydrogen) atoms. The van der Waals surface area contributed by atoms with Crippen LogP contribution in [-0.2, 0) is 6.61 Å². The van der Waals surface area contributed by atoms with E-state index in [2.05, 4.69) is 15.2 Å². The van der Waals surface area contributed by atoms with Crippen molar-refractivity contribution >= 4 is 5.88 Å². The lowest BCUT2D eigenvalue weighted by Crippen LogP contribution is -2.16. The number of nitrogens with one attached hydrogen (secondary N) is 1. The molecule has 6 heteroatoms. The van der Waals surface area contributed by atoms with E-state index in [1.165, 1.54) is 0 Å². The molecule has 0 aliphatic heterocycles. The van der Waals surface area contributed by atoms with Crippen LogP contribution in [0.4, 0.5) is 5.88 Å². The van der Waals surface area contributed by atoms with Gasteiger partial charge in [-0.3, -0.25) is 0 Å². The molecule has 6 nitrogen and oxygen atoms in total. The highest BCUT2D eigenvalue weighted by Crippen LogP contribution is 2.19. The lowest BCUT2D eigenvalue weighted by atomic mass is 10.2. The second-order valence-electron chi connectivity index (χ2n) is 5.59. The molecule has 1 aromatic heterocycles.